The van der Waals surface area contributed by atoms with E-state index in [1.807, 2.05) is 31.2 Å². The molecule has 0 amide bonds. The van der Waals surface area contributed by atoms with Gasteiger partial charge in [0.2, 0.25) is 11.0 Å². The van der Waals surface area contributed by atoms with Gasteiger partial charge in [0.15, 0.2) is 10.0 Å². The Balaban J connectivity index is 1.80. The van der Waals surface area contributed by atoms with E-state index in [1.165, 1.54) is 17.6 Å². The predicted molar refractivity (Wildman–Crippen MR) is 94.9 cm³/mol. The SMILES string of the molecule is CCSc1nnc(/N=C/c2nc(-c3ccc(Br)cc3)oc2O)s1. The third kappa shape index (κ3) is 3.98. The number of thioether (sulfide) groups is 1. The minimum absolute atomic E-state index is 0.253. The summed E-state index contributed by atoms with van der Waals surface area (Å²) in [5.74, 6) is 0.981. The van der Waals surface area contributed by atoms with Crippen molar-refractivity contribution < 1.29 is 9.52 Å². The number of oxazole rings is 1. The smallest absolute Gasteiger partial charge is 0.312 e. The van der Waals surface area contributed by atoms with E-state index in [4.69, 9.17) is 4.42 Å². The van der Waals surface area contributed by atoms with Crippen LogP contribution in [0.25, 0.3) is 11.5 Å². The number of aromatic nitrogens is 3. The van der Waals surface area contributed by atoms with Crippen LogP contribution in [0.1, 0.15) is 12.6 Å². The van der Waals surface area contributed by atoms with Crippen molar-refractivity contribution in [3.8, 4) is 17.4 Å². The number of rotatable bonds is 5. The molecule has 0 spiro atoms. The van der Waals surface area contributed by atoms with Crippen molar-refractivity contribution in [2.24, 2.45) is 4.99 Å². The third-order valence-electron chi connectivity index (χ3n) is 2.69. The lowest BCUT2D eigenvalue weighted by Crippen LogP contribution is -1.82. The molecule has 0 unspecified atom stereocenters. The Morgan fingerprint density at radius 3 is 2.87 bits per heavy atom. The lowest BCUT2D eigenvalue weighted by molar-refractivity contribution is 0.337. The van der Waals surface area contributed by atoms with Gasteiger partial charge in [-0.05, 0) is 30.0 Å². The summed E-state index contributed by atoms with van der Waals surface area (Å²) in [5.41, 5.74) is 1.02. The number of hydrogen-bond donors (Lipinski definition) is 1. The average molecular weight is 411 g/mol. The van der Waals surface area contributed by atoms with Gasteiger partial charge in [-0.15, -0.1) is 10.2 Å². The van der Waals surface area contributed by atoms with Crippen molar-refractivity contribution in [1.29, 1.82) is 0 Å². The molecule has 2 aromatic heterocycles. The normalized spacial score (nSPS) is 11.4. The van der Waals surface area contributed by atoms with Crippen LogP contribution >= 0.6 is 39.0 Å². The van der Waals surface area contributed by atoms with E-state index in [2.05, 4.69) is 36.1 Å². The quantitative estimate of drug-likeness (QED) is 0.491. The van der Waals surface area contributed by atoms with Crippen LogP contribution in [0, 0.1) is 0 Å². The van der Waals surface area contributed by atoms with E-state index in [0.717, 1.165) is 20.1 Å². The van der Waals surface area contributed by atoms with Crippen LogP contribution in [-0.4, -0.2) is 32.3 Å². The fourth-order valence-electron chi connectivity index (χ4n) is 1.68. The molecule has 0 fully saturated rings. The maximum atomic E-state index is 9.85. The average Bonchev–Trinajstić information content (AvgIpc) is 3.13. The van der Waals surface area contributed by atoms with Crippen molar-refractivity contribution in [2.75, 3.05) is 5.75 Å². The van der Waals surface area contributed by atoms with Gasteiger partial charge in [-0.3, -0.25) is 0 Å². The molecule has 0 bridgehead atoms. The molecule has 118 valence electrons. The fraction of sp³-hybridized carbons (Fsp3) is 0.143. The van der Waals surface area contributed by atoms with Gasteiger partial charge in [-0.2, -0.15) is 0 Å². The van der Waals surface area contributed by atoms with Crippen molar-refractivity contribution in [2.45, 2.75) is 11.3 Å². The molecule has 1 N–H and O–H groups in total. The van der Waals surface area contributed by atoms with Gasteiger partial charge in [0.25, 0.3) is 0 Å². The molecule has 0 saturated heterocycles. The first-order valence-electron chi connectivity index (χ1n) is 6.62. The summed E-state index contributed by atoms with van der Waals surface area (Å²) in [4.78, 5) is 8.42. The molecule has 6 nitrogen and oxygen atoms in total. The van der Waals surface area contributed by atoms with Crippen LogP contribution in [-0.2, 0) is 0 Å². The highest BCUT2D eigenvalue weighted by molar-refractivity contribution is 9.10. The number of benzene rings is 1. The van der Waals surface area contributed by atoms with E-state index in [9.17, 15) is 5.11 Å². The fourth-order valence-corrected chi connectivity index (χ4v) is 3.52. The lowest BCUT2D eigenvalue weighted by Gasteiger charge is -1.94. The highest BCUT2D eigenvalue weighted by Crippen LogP contribution is 2.29. The van der Waals surface area contributed by atoms with E-state index in [-0.39, 0.29) is 11.6 Å². The Morgan fingerprint density at radius 1 is 1.35 bits per heavy atom. The summed E-state index contributed by atoms with van der Waals surface area (Å²) in [6.45, 7) is 2.05. The molecule has 2 heterocycles. The second kappa shape index (κ2) is 7.24. The second-order valence-corrected chi connectivity index (χ2v) is 7.64. The monoisotopic (exact) mass is 410 g/mol. The summed E-state index contributed by atoms with van der Waals surface area (Å²) in [6, 6.07) is 7.43. The van der Waals surface area contributed by atoms with Crippen LogP contribution in [0.4, 0.5) is 5.13 Å². The first kappa shape index (κ1) is 16.2. The van der Waals surface area contributed by atoms with Gasteiger partial charge in [0, 0.05) is 10.0 Å². The summed E-state index contributed by atoms with van der Waals surface area (Å²) < 4.78 is 7.09. The van der Waals surface area contributed by atoms with E-state index in [1.54, 1.807) is 11.8 Å². The largest absolute Gasteiger partial charge is 0.479 e. The molecular weight excluding hydrogens is 400 g/mol. The zero-order valence-electron chi connectivity index (χ0n) is 11.9. The first-order valence-corrected chi connectivity index (χ1v) is 9.21. The Labute approximate surface area is 148 Å². The molecule has 1 aromatic carbocycles. The van der Waals surface area contributed by atoms with Gasteiger partial charge in [0.05, 0.1) is 6.21 Å². The highest BCUT2D eigenvalue weighted by atomic mass is 79.9. The van der Waals surface area contributed by atoms with Crippen LogP contribution in [0.5, 0.6) is 5.95 Å². The van der Waals surface area contributed by atoms with Gasteiger partial charge >= 0.3 is 5.95 Å². The van der Waals surface area contributed by atoms with E-state index >= 15 is 0 Å². The van der Waals surface area contributed by atoms with Crippen molar-refractivity contribution >= 4 is 50.4 Å². The molecule has 0 saturated carbocycles. The van der Waals surface area contributed by atoms with Crippen LogP contribution in [0.15, 0.2) is 42.5 Å². The summed E-state index contributed by atoms with van der Waals surface area (Å²) in [7, 11) is 0. The Bertz CT molecular complexity index is 830. The molecule has 0 radical (unpaired) electrons. The standard InChI is InChI=1S/C14H11BrN4O2S2/c1-2-22-14-19-18-13(23-14)16-7-10-12(20)21-11(17-10)8-3-5-9(15)6-4-8/h3-7,20H,2H2,1H3/b16-7+. The maximum absolute atomic E-state index is 9.85. The molecule has 0 aliphatic heterocycles. The summed E-state index contributed by atoms with van der Waals surface area (Å²) in [5, 5.41) is 18.3. The molecule has 23 heavy (non-hydrogen) atoms. The minimum Gasteiger partial charge on any atom is -0.479 e. The molecule has 9 heteroatoms. The molecule has 0 atom stereocenters. The number of hydrogen-bond acceptors (Lipinski definition) is 8. The molecule has 0 aliphatic rings. The zero-order chi connectivity index (χ0) is 16.2. The number of aliphatic imine (C=N–C) groups is 1. The first-order chi connectivity index (χ1) is 11.2. The van der Waals surface area contributed by atoms with Gasteiger partial charge in [-0.1, -0.05) is 46.0 Å². The Kier molecular flexibility index (Phi) is 5.09. The van der Waals surface area contributed by atoms with Crippen molar-refractivity contribution in [1.82, 2.24) is 15.2 Å². The Hall–Kier alpha value is -1.71. The molecular formula is C14H11BrN4O2S2. The van der Waals surface area contributed by atoms with Gasteiger partial charge in [0.1, 0.15) is 0 Å². The van der Waals surface area contributed by atoms with E-state index < -0.39 is 0 Å². The highest BCUT2D eigenvalue weighted by Gasteiger charge is 2.12. The number of aromatic hydroxyl groups is 1. The lowest BCUT2D eigenvalue weighted by atomic mass is 10.2. The number of halogens is 1. The molecule has 0 aliphatic carbocycles. The molecule has 3 rings (SSSR count). The topological polar surface area (TPSA) is 84.4 Å². The summed E-state index contributed by atoms with van der Waals surface area (Å²) >= 11 is 6.36. The van der Waals surface area contributed by atoms with E-state index in [0.29, 0.717) is 11.0 Å². The summed E-state index contributed by atoms with van der Waals surface area (Å²) in [6.07, 6.45) is 1.42. The van der Waals surface area contributed by atoms with Crippen LogP contribution < -0.4 is 0 Å². The van der Waals surface area contributed by atoms with Crippen molar-refractivity contribution in [3.63, 3.8) is 0 Å². The minimum atomic E-state index is -0.278. The second-order valence-electron chi connectivity index (χ2n) is 4.26. The molecule has 3 aromatic rings. The van der Waals surface area contributed by atoms with Gasteiger partial charge in [-0.25, -0.2) is 9.98 Å². The number of nitrogens with zero attached hydrogens (tertiary/aromatic N) is 4. The van der Waals surface area contributed by atoms with Crippen LogP contribution in [0.3, 0.4) is 0 Å². The maximum Gasteiger partial charge on any atom is 0.312 e. The Morgan fingerprint density at radius 2 is 2.13 bits per heavy atom. The van der Waals surface area contributed by atoms with Gasteiger partial charge < -0.3 is 9.52 Å². The zero-order valence-corrected chi connectivity index (χ0v) is 15.2. The predicted octanol–water partition coefficient (Wildman–Crippen LogP) is 4.52. The third-order valence-corrected chi connectivity index (χ3v) is 5.06. The van der Waals surface area contributed by atoms with Crippen molar-refractivity contribution in [3.05, 3.63) is 34.4 Å². The van der Waals surface area contributed by atoms with Crippen LogP contribution in [0.2, 0.25) is 0 Å².